The van der Waals surface area contributed by atoms with Crippen LogP contribution in [0.1, 0.15) is 17.0 Å². The summed E-state index contributed by atoms with van der Waals surface area (Å²) in [7, 11) is 1.72. The largest absolute Gasteiger partial charge is 0.496 e. The highest BCUT2D eigenvalue weighted by Gasteiger charge is 2.23. The van der Waals surface area contributed by atoms with Crippen molar-refractivity contribution in [1.29, 1.82) is 0 Å². The number of benzene rings is 1. The predicted octanol–water partition coefficient (Wildman–Crippen LogP) is 2.89. The lowest BCUT2D eigenvalue weighted by molar-refractivity contribution is 0.00567. The van der Waals surface area contributed by atoms with Gasteiger partial charge in [-0.2, -0.15) is 5.10 Å². The van der Waals surface area contributed by atoms with Crippen molar-refractivity contribution >= 4 is 0 Å². The van der Waals surface area contributed by atoms with Crippen molar-refractivity contribution in [1.82, 2.24) is 19.7 Å². The smallest absolute Gasteiger partial charge is 0.123 e. The van der Waals surface area contributed by atoms with Crippen molar-refractivity contribution in [2.75, 3.05) is 13.7 Å². The summed E-state index contributed by atoms with van der Waals surface area (Å²) < 4.78 is 13.8. The molecule has 0 radical (unpaired) electrons. The van der Waals surface area contributed by atoms with Crippen LogP contribution in [0, 0.1) is 0 Å². The van der Waals surface area contributed by atoms with E-state index in [1.54, 1.807) is 13.3 Å². The minimum absolute atomic E-state index is 0.0443. The summed E-state index contributed by atoms with van der Waals surface area (Å²) in [5.41, 5.74) is 3.32. The van der Waals surface area contributed by atoms with E-state index in [0.29, 0.717) is 6.61 Å². The number of ether oxygens (including phenoxy) is 2. The van der Waals surface area contributed by atoms with Crippen LogP contribution in [0.25, 0.3) is 0 Å². The van der Waals surface area contributed by atoms with Crippen LogP contribution in [-0.2, 0) is 31.0 Å². The molecule has 0 fully saturated rings. The Morgan fingerprint density at radius 3 is 2.78 bits per heavy atom. The number of hydrogen-bond donors (Lipinski definition) is 0. The first kappa shape index (κ1) is 17.7. The Morgan fingerprint density at radius 2 is 1.93 bits per heavy atom. The van der Waals surface area contributed by atoms with Crippen LogP contribution < -0.4 is 4.74 Å². The minimum Gasteiger partial charge on any atom is -0.496 e. The Kier molecular flexibility index (Phi) is 5.46. The Labute approximate surface area is 159 Å². The second-order valence-corrected chi connectivity index (χ2v) is 6.74. The van der Waals surface area contributed by atoms with Gasteiger partial charge in [0.15, 0.2) is 0 Å². The fraction of sp³-hybridized carbons (Fsp3) is 0.333. The van der Waals surface area contributed by atoms with Gasteiger partial charge in [0.25, 0.3) is 0 Å². The SMILES string of the molecule is COc1ccccc1CN1Cc2ccnn2C[C@@H](OCc2ccccn2)C1. The van der Waals surface area contributed by atoms with Crippen LogP contribution in [0.3, 0.4) is 0 Å². The highest BCUT2D eigenvalue weighted by molar-refractivity contribution is 5.33. The van der Waals surface area contributed by atoms with Gasteiger partial charge in [-0.15, -0.1) is 0 Å². The summed E-state index contributed by atoms with van der Waals surface area (Å²) in [5.74, 6) is 0.918. The lowest BCUT2D eigenvalue weighted by atomic mass is 10.1. The average Bonchev–Trinajstić information content (AvgIpc) is 3.06. The molecule has 2 aromatic heterocycles. The fourth-order valence-electron chi connectivity index (χ4n) is 3.48. The topological polar surface area (TPSA) is 52.4 Å². The van der Waals surface area contributed by atoms with Crippen LogP contribution in [0.15, 0.2) is 60.9 Å². The van der Waals surface area contributed by atoms with Crippen molar-refractivity contribution in [3.05, 3.63) is 77.9 Å². The molecule has 1 aromatic carbocycles. The number of rotatable bonds is 6. The summed E-state index contributed by atoms with van der Waals surface area (Å²) in [5, 5.41) is 4.47. The first-order valence-corrected chi connectivity index (χ1v) is 9.18. The van der Waals surface area contributed by atoms with Crippen molar-refractivity contribution in [2.24, 2.45) is 0 Å². The van der Waals surface area contributed by atoms with Gasteiger partial charge >= 0.3 is 0 Å². The zero-order valence-corrected chi connectivity index (χ0v) is 15.5. The molecule has 6 nitrogen and oxygen atoms in total. The summed E-state index contributed by atoms with van der Waals surface area (Å²) in [6.07, 6.45) is 3.70. The molecule has 3 aromatic rings. The first-order valence-electron chi connectivity index (χ1n) is 9.18. The molecule has 6 heteroatoms. The Balaban J connectivity index is 1.49. The Morgan fingerprint density at radius 1 is 1.04 bits per heavy atom. The molecule has 3 heterocycles. The number of pyridine rings is 1. The third kappa shape index (κ3) is 4.35. The van der Waals surface area contributed by atoms with Gasteiger partial charge in [-0.25, -0.2) is 0 Å². The molecule has 0 N–H and O–H groups in total. The first-order chi connectivity index (χ1) is 13.3. The van der Waals surface area contributed by atoms with E-state index in [9.17, 15) is 0 Å². The van der Waals surface area contributed by atoms with E-state index in [1.165, 1.54) is 11.3 Å². The van der Waals surface area contributed by atoms with E-state index in [1.807, 2.05) is 41.2 Å². The Hall–Kier alpha value is -2.70. The van der Waals surface area contributed by atoms with Gasteiger partial charge in [0.05, 0.1) is 37.8 Å². The van der Waals surface area contributed by atoms with E-state index in [-0.39, 0.29) is 6.10 Å². The van der Waals surface area contributed by atoms with E-state index in [4.69, 9.17) is 9.47 Å². The van der Waals surface area contributed by atoms with Crippen LogP contribution in [-0.4, -0.2) is 39.4 Å². The quantitative estimate of drug-likeness (QED) is 0.673. The normalized spacial score (nSPS) is 17.3. The standard InChI is InChI=1S/C21H24N4O2/c1-26-21-8-3-2-6-17(21)12-24-13-19-9-11-23-25(19)15-20(14-24)27-16-18-7-4-5-10-22-18/h2-11,20H,12-16H2,1H3/t20-/m0/s1. The van der Waals surface area contributed by atoms with Crippen molar-refractivity contribution in [2.45, 2.75) is 32.3 Å². The second-order valence-electron chi connectivity index (χ2n) is 6.74. The summed E-state index contributed by atoms with van der Waals surface area (Å²) >= 11 is 0. The van der Waals surface area contributed by atoms with Gasteiger partial charge in [0, 0.05) is 37.6 Å². The number of nitrogens with zero attached hydrogens (tertiary/aromatic N) is 4. The molecule has 1 aliphatic heterocycles. The maximum atomic E-state index is 6.20. The number of para-hydroxylation sites is 1. The molecule has 27 heavy (non-hydrogen) atoms. The van der Waals surface area contributed by atoms with Gasteiger partial charge in [-0.1, -0.05) is 24.3 Å². The van der Waals surface area contributed by atoms with E-state index in [0.717, 1.165) is 37.6 Å². The molecule has 1 aliphatic rings. The molecule has 1 atom stereocenters. The molecule has 0 bridgehead atoms. The van der Waals surface area contributed by atoms with Gasteiger partial charge < -0.3 is 9.47 Å². The molecular formula is C21H24N4O2. The molecule has 4 rings (SSSR count). The highest BCUT2D eigenvalue weighted by Crippen LogP contribution is 2.22. The fourth-order valence-corrected chi connectivity index (χ4v) is 3.48. The highest BCUT2D eigenvalue weighted by atomic mass is 16.5. The van der Waals surface area contributed by atoms with Gasteiger partial charge in [0.1, 0.15) is 5.75 Å². The van der Waals surface area contributed by atoms with Crippen LogP contribution in [0.2, 0.25) is 0 Å². The third-order valence-corrected chi connectivity index (χ3v) is 4.81. The zero-order chi connectivity index (χ0) is 18.5. The summed E-state index contributed by atoms with van der Waals surface area (Å²) in [6.45, 7) is 3.72. The molecule has 0 unspecified atom stereocenters. The molecule has 0 saturated carbocycles. The molecule has 0 amide bonds. The van der Waals surface area contributed by atoms with Crippen molar-refractivity contribution in [3.63, 3.8) is 0 Å². The Bertz CT molecular complexity index is 865. The molecule has 140 valence electrons. The zero-order valence-electron chi connectivity index (χ0n) is 15.5. The van der Waals surface area contributed by atoms with Crippen LogP contribution in [0.5, 0.6) is 5.75 Å². The van der Waals surface area contributed by atoms with E-state index in [2.05, 4.69) is 33.2 Å². The summed E-state index contributed by atoms with van der Waals surface area (Å²) in [6, 6.07) is 16.1. The minimum atomic E-state index is 0.0443. The second kappa shape index (κ2) is 8.33. The van der Waals surface area contributed by atoms with E-state index < -0.39 is 0 Å². The number of fused-ring (bicyclic) bond motifs is 1. The third-order valence-electron chi connectivity index (χ3n) is 4.81. The van der Waals surface area contributed by atoms with Crippen molar-refractivity contribution in [3.8, 4) is 5.75 Å². The van der Waals surface area contributed by atoms with Crippen LogP contribution >= 0.6 is 0 Å². The van der Waals surface area contributed by atoms with Gasteiger partial charge in [0.2, 0.25) is 0 Å². The predicted molar refractivity (Wildman–Crippen MR) is 102 cm³/mol. The summed E-state index contributed by atoms with van der Waals surface area (Å²) in [4.78, 5) is 6.74. The van der Waals surface area contributed by atoms with E-state index >= 15 is 0 Å². The molecular weight excluding hydrogens is 340 g/mol. The number of methoxy groups -OCH3 is 1. The maximum absolute atomic E-state index is 6.20. The lowest BCUT2D eigenvalue weighted by Gasteiger charge is -2.24. The van der Waals surface area contributed by atoms with Gasteiger partial charge in [-0.3, -0.25) is 14.6 Å². The number of hydrogen-bond acceptors (Lipinski definition) is 5. The molecule has 0 saturated heterocycles. The van der Waals surface area contributed by atoms with Crippen LogP contribution in [0.4, 0.5) is 0 Å². The molecule has 0 spiro atoms. The average molecular weight is 364 g/mol. The molecule has 0 aliphatic carbocycles. The van der Waals surface area contributed by atoms with Gasteiger partial charge in [-0.05, 0) is 24.3 Å². The number of aromatic nitrogens is 3. The van der Waals surface area contributed by atoms with Crippen molar-refractivity contribution < 1.29 is 9.47 Å². The monoisotopic (exact) mass is 364 g/mol. The lowest BCUT2D eigenvalue weighted by Crippen LogP contribution is -2.33. The maximum Gasteiger partial charge on any atom is 0.123 e.